The summed E-state index contributed by atoms with van der Waals surface area (Å²) in [7, 11) is 1.64. The fraction of sp³-hybridized carbons (Fsp3) is 0.235. The van der Waals surface area contributed by atoms with Crippen molar-refractivity contribution in [2.24, 2.45) is 4.99 Å². The Balaban J connectivity index is 1.68. The highest BCUT2D eigenvalue weighted by molar-refractivity contribution is 6.06. The van der Waals surface area contributed by atoms with E-state index in [4.69, 9.17) is 4.74 Å². The topological polar surface area (TPSA) is 54.8 Å². The molecular formula is C17H17N3O2. The van der Waals surface area contributed by atoms with E-state index in [1.165, 1.54) is 0 Å². The number of hydrogen-bond acceptors (Lipinski definition) is 4. The number of nitrogens with zero attached hydrogens (tertiary/aromatic N) is 3. The monoisotopic (exact) mass is 295 g/mol. The number of benzene rings is 1. The fourth-order valence-electron chi connectivity index (χ4n) is 2.46. The highest BCUT2D eigenvalue weighted by Crippen LogP contribution is 2.21. The van der Waals surface area contributed by atoms with Gasteiger partial charge in [-0.3, -0.25) is 14.8 Å². The van der Waals surface area contributed by atoms with Crippen molar-refractivity contribution in [1.82, 2.24) is 9.88 Å². The molecule has 2 heterocycles. The van der Waals surface area contributed by atoms with Gasteiger partial charge in [0.1, 0.15) is 12.4 Å². The highest BCUT2D eigenvalue weighted by atomic mass is 16.5. The molecule has 0 saturated carbocycles. The van der Waals surface area contributed by atoms with E-state index in [9.17, 15) is 4.79 Å². The van der Waals surface area contributed by atoms with Crippen molar-refractivity contribution >= 4 is 11.6 Å². The van der Waals surface area contributed by atoms with Gasteiger partial charge in [-0.25, -0.2) is 0 Å². The number of aromatic nitrogens is 1. The molecule has 5 nitrogen and oxygen atoms in total. The minimum Gasteiger partial charge on any atom is -0.496 e. The van der Waals surface area contributed by atoms with Gasteiger partial charge >= 0.3 is 0 Å². The number of para-hydroxylation sites is 1. The van der Waals surface area contributed by atoms with Gasteiger partial charge in [0.05, 0.1) is 25.8 Å². The molecule has 0 unspecified atom stereocenters. The van der Waals surface area contributed by atoms with Crippen LogP contribution in [0.25, 0.3) is 0 Å². The molecule has 3 rings (SSSR count). The molecule has 0 atom stereocenters. The number of hydrogen-bond donors (Lipinski definition) is 0. The first-order valence-electron chi connectivity index (χ1n) is 7.11. The van der Waals surface area contributed by atoms with Crippen LogP contribution in [-0.2, 0) is 11.2 Å². The molecule has 1 aliphatic rings. The van der Waals surface area contributed by atoms with Crippen molar-refractivity contribution in [3.05, 3.63) is 59.9 Å². The molecule has 0 N–H and O–H groups in total. The van der Waals surface area contributed by atoms with Gasteiger partial charge < -0.3 is 9.64 Å². The van der Waals surface area contributed by atoms with Crippen LogP contribution in [0.5, 0.6) is 5.75 Å². The molecule has 0 spiro atoms. The number of methoxy groups -OCH3 is 1. The normalized spacial score (nSPS) is 13.9. The van der Waals surface area contributed by atoms with E-state index < -0.39 is 0 Å². The van der Waals surface area contributed by atoms with Crippen LogP contribution in [0.4, 0.5) is 0 Å². The Bertz CT molecular complexity index is 698. The molecule has 1 aliphatic heterocycles. The van der Waals surface area contributed by atoms with Gasteiger partial charge in [0.25, 0.3) is 0 Å². The second kappa shape index (κ2) is 6.39. The molecule has 1 aromatic carbocycles. The molecule has 1 amide bonds. The lowest BCUT2D eigenvalue weighted by Gasteiger charge is -2.15. The predicted molar refractivity (Wildman–Crippen MR) is 84.1 cm³/mol. The number of amides is 1. The number of ether oxygens (including phenoxy) is 1. The molecular weight excluding hydrogens is 278 g/mol. The Kier molecular flexibility index (Phi) is 4.14. The van der Waals surface area contributed by atoms with Crippen LogP contribution in [0.1, 0.15) is 11.1 Å². The molecule has 0 aliphatic carbocycles. The molecule has 112 valence electrons. The zero-order valence-electron chi connectivity index (χ0n) is 12.4. The van der Waals surface area contributed by atoms with Crippen LogP contribution in [0.15, 0.2) is 53.8 Å². The van der Waals surface area contributed by atoms with Crippen molar-refractivity contribution in [1.29, 1.82) is 0 Å². The minimum absolute atomic E-state index is 0.0571. The molecule has 2 aromatic rings. The zero-order chi connectivity index (χ0) is 15.4. The first-order valence-corrected chi connectivity index (χ1v) is 7.11. The first kappa shape index (κ1) is 14.3. The third-order valence-electron chi connectivity index (χ3n) is 3.62. The van der Waals surface area contributed by atoms with Crippen LogP contribution in [-0.4, -0.2) is 41.8 Å². The lowest BCUT2D eigenvalue weighted by Crippen LogP contribution is -2.32. The molecule has 5 heteroatoms. The molecule has 22 heavy (non-hydrogen) atoms. The Labute approximate surface area is 129 Å². The smallest absolute Gasteiger partial charge is 0.228 e. The summed E-state index contributed by atoms with van der Waals surface area (Å²) in [5.74, 6) is 0.837. The maximum atomic E-state index is 12.3. The van der Waals surface area contributed by atoms with Gasteiger partial charge in [0.2, 0.25) is 5.91 Å². The van der Waals surface area contributed by atoms with Crippen molar-refractivity contribution in [3.8, 4) is 5.75 Å². The van der Waals surface area contributed by atoms with Crippen molar-refractivity contribution in [2.75, 3.05) is 20.3 Å². The van der Waals surface area contributed by atoms with Gasteiger partial charge in [-0.15, -0.1) is 0 Å². The van der Waals surface area contributed by atoms with Crippen molar-refractivity contribution in [3.63, 3.8) is 0 Å². The SMILES string of the molecule is COc1ccccc1C1=NCN(C(=O)Cc2cccnc2)C1. The minimum atomic E-state index is 0.0571. The summed E-state index contributed by atoms with van der Waals surface area (Å²) in [5, 5.41) is 0. The number of rotatable bonds is 4. The number of carbonyl (C=O) groups excluding carboxylic acids is 1. The summed E-state index contributed by atoms with van der Waals surface area (Å²) in [5.41, 5.74) is 2.75. The predicted octanol–water partition coefficient (Wildman–Crippen LogP) is 1.92. The Morgan fingerprint density at radius 1 is 1.27 bits per heavy atom. The Hall–Kier alpha value is -2.69. The van der Waals surface area contributed by atoms with E-state index in [-0.39, 0.29) is 5.91 Å². The standard InChI is InChI=1S/C17H17N3O2/c1-22-16-7-3-2-6-14(16)15-11-20(12-19-15)17(21)9-13-5-4-8-18-10-13/h2-8,10H,9,11-12H2,1H3. The first-order chi connectivity index (χ1) is 10.8. The summed E-state index contributed by atoms with van der Waals surface area (Å²) in [4.78, 5) is 22.6. The zero-order valence-corrected chi connectivity index (χ0v) is 12.4. The Morgan fingerprint density at radius 2 is 2.14 bits per heavy atom. The van der Waals surface area contributed by atoms with Gasteiger partial charge in [-0.1, -0.05) is 18.2 Å². The summed E-state index contributed by atoms with van der Waals surface area (Å²) in [6.45, 7) is 0.909. The third kappa shape index (κ3) is 2.98. The summed E-state index contributed by atoms with van der Waals surface area (Å²) in [6.07, 6.45) is 3.77. The van der Waals surface area contributed by atoms with Crippen molar-refractivity contribution < 1.29 is 9.53 Å². The second-order valence-corrected chi connectivity index (χ2v) is 5.08. The van der Waals surface area contributed by atoms with E-state index in [1.807, 2.05) is 36.4 Å². The molecule has 0 fully saturated rings. The number of aliphatic imine (C=N–C) groups is 1. The van der Waals surface area contributed by atoms with E-state index in [0.29, 0.717) is 19.6 Å². The van der Waals surface area contributed by atoms with Crippen LogP contribution in [0.3, 0.4) is 0 Å². The van der Waals surface area contributed by atoms with Gasteiger partial charge in [0.15, 0.2) is 0 Å². The van der Waals surface area contributed by atoms with Crippen LogP contribution in [0, 0.1) is 0 Å². The average Bonchev–Trinajstić information content (AvgIpc) is 3.05. The molecule has 0 bridgehead atoms. The van der Waals surface area contributed by atoms with Gasteiger partial charge in [-0.2, -0.15) is 0 Å². The quantitative estimate of drug-likeness (QED) is 0.866. The number of carbonyl (C=O) groups is 1. The largest absolute Gasteiger partial charge is 0.496 e. The summed E-state index contributed by atoms with van der Waals surface area (Å²) >= 11 is 0. The van der Waals surface area contributed by atoms with Crippen LogP contribution in [0.2, 0.25) is 0 Å². The van der Waals surface area contributed by atoms with Gasteiger partial charge in [-0.05, 0) is 23.8 Å². The second-order valence-electron chi connectivity index (χ2n) is 5.08. The van der Waals surface area contributed by atoms with Gasteiger partial charge in [0, 0.05) is 18.0 Å². The maximum absolute atomic E-state index is 12.3. The van der Waals surface area contributed by atoms with E-state index in [1.54, 1.807) is 24.4 Å². The highest BCUT2D eigenvalue weighted by Gasteiger charge is 2.23. The van der Waals surface area contributed by atoms with Crippen LogP contribution < -0.4 is 4.74 Å². The summed E-state index contributed by atoms with van der Waals surface area (Å²) in [6, 6.07) is 11.5. The van der Waals surface area contributed by atoms with Crippen LogP contribution >= 0.6 is 0 Å². The fourth-order valence-corrected chi connectivity index (χ4v) is 2.46. The average molecular weight is 295 g/mol. The van der Waals surface area contributed by atoms with E-state index in [0.717, 1.165) is 22.6 Å². The molecule has 0 radical (unpaired) electrons. The lowest BCUT2D eigenvalue weighted by atomic mass is 10.1. The Morgan fingerprint density at radius 3 is 2.91 bits per heavy atom. The van der Waals surface area contributed by atoms with E-state index >= 15 is 0 Å². The molecule has 1 aromatic heterocycles. The van der Waals surface area contributed by atoms with E-state index in [2.05, 4.69) is 9.98 Å². The van der Waals surface area contributed by atoms with Crippen molar-refractivity contribution in [2.45, 2.75) is 6.42 Å². The lowest BCUT2D eigenvalue weighted by molar-refractivity contribution is -0.129. The third-order valence-corrected chi connectivity index (χ3v) is 3.62. The maximum Gasteiger partial charge on any atom is 0.228 e. The summed E-state index contributed by atoms with van der Waals surface area (Å²) < 4.78 is 5.36. The molecule has 0 saturated heterocycles. The number of pyridine rings is 1.